The molecule has 1 aliphatic rings. The molecule has 1 aromatic carbocycles. The van der Waals surface area contributed by atoms with Crippen molar-refractivity contribution in [3.8, 4) is 5.75 Å². The second-order valence-corrected chi connectivity index (χ2v) is 6.65. The van der Waals surface area contributed by atoms with E-state index in [1.54, 1.807) is 7.11 Å². The molecule has 24 heavy (non-hydrogen) atoms. The molecule has 1 aliphatic heterocycles. The molecule has 134 valence electrons. The quantitative estimate of drug-likeness (QED) is 0.705. The van der Waals surface area contributed by atoms with Gasteiger partial charge in [0.2, 0.25) is 5.91 Å². The lowest BCUT2D eigenvalue weighted by Crippen LogP contribution is -2.40. The summed E-state index contributed by atoms with van der Waals surface area (Å²) in [5.74, 6) is 1.00. The zero-order valence-corrected chi connectivity index (χ0v) is 15.2. The number of benzene rings is 1. The standard InChI is InChI=1S/C20H32N2O2/c1-3-18-7-4-5-15-22(18)16-6-14-21-20(23)13-10-17-8-11-19(24-2)12-9-17/h8-9,11-12,18H,3-7,10,13-16H2,1-2H3,(H,21,23). The maximum absolute atomic E-state index is 12.0. The molecule has 0 aromatic heterocycles. The highest BCUT2D eigenvalue weighted by Gasteiger charge is 2.19. The van der Waals surface area contributed by atoms with E-state index in [0.29, 0.717) is 6.42 Å². The molecule has 1 unspecified atom stereocenters. The van der Waals surface area contributed by atoms with Gasteiger partial charge in [0.05, 0.1) is 7.11 Å². The van der Waals surface area contributed by atoms with E-state index in [-0.39, 0.29) is 5.91 Å². The average molecular weight is 332 g/mol. The minimum absolute atomic E-state index is 0.150. The summed E-state index contributed by atoms with van der Waals surface area (Å²) in [6.07, 6.45) is 7.65. The Bertz CT molecular complexity index is 487. The Morgan fingerprint density at radius 1 is 1.29 bits per heavy atom. The Morgan fingerprint density at radius 3 is 2.79 bits per heavy atom. The van der Waals surface area contributed by atoms with E-state index in [9.17, 15) is 4.79 Å². The van der Waals surface area contributed by atoms with Crippen LogP contribution in [0.4, 0.5) is 0 Å². The number of hydrogen-bond acceptors (Lipinski definition) is 3. The zero-order valence-electron chi connectivity index (χ0n) is 15.2. The topological polar surface area (TPSA) is 41.6 Å². The Kier molecular flexibility index (Phi) is 8.10. The van der Waals surface area contributed by atoms with Gasteiger partial charge in [-0.2, -0.15) is 0 Å². The van der Waals surface area contributed by atoms with Gasteiger partial charge >= 0.3 is 0 Å². The van der Waals surface area contributed by atoms with Crippen LogP contribution >= 0.6 is 0 Å². The first kappa shape index (κ1) is 18.8. The summed E-state index contributed by atoms with van der Waals surface area (Å²) < 4.78 is 5.14. The number of carbonyl (C=O) groups is 1. The predicted octanol–water partition coefficient (Wildman–Crippen LogP) is 3.40. The fourth-order valence-corrected chi connectivity index (χ4v) is 3.47. The molecule has 1 amide bonds. The Morgan fingerprint density at radius 2 is 2.08 bits per heavy atom. The van der Waals surface area contributed by atoms with Gasteiger partial charge in [-0.05, 0) is 56.3 Å². The summed E-state index contributed by atoms with van der Waals surface area (Å²) in [7, 11) is 1.66. The predicted molar refractivity (Wildman–Crippen MR) is 98.4 cm³/mol. The fraction of sp³-hybridized carbons (Fsp3) is 0.650. The third kappa shape index (κ3) is 6.16. The van der Waals surface area contributed by atoms with Gasteiger partial charge in [0, 0.05) is 25.6 Å². The minimum atomic E-state index is 0.150. The molecule has 1 N–H and O–H groups in total. The first-order chi connectivity index (χ1) is 11.7. The molecule has 0 radical (unpaired) electrons. The molecule has 1 saturated heterocycles. The van der Waals surface area contributed by atoms with Crippen LogP contribution in [0.25, 0.3) is 0 Å². The highest BCUT2D eigenvalue weighted by Crippen LogP contribution is 2.19. The number of aryl methyl sites for hydroxylation is 1. The second kappa shape index (κ2) is 10.3. The summed E-state index contributed by atoms with van der Waals surface area (Å²) in [5.41, 5.74) is 1.17. The number of hydrogen-bond donors (Lipinski definition) is 1. The van der Waals surface area contributed by atoms with Crippen LogP contribution in [0, 0.1) is 0 Å². The van der Waals surface area contributed by atoms with Crippen molar-refractivity contribution in [2.45, 2.75) is 57.9 Å². The third-order valence-corrected chi connectivity index (χ3v) is 4.96. The van der Waals surface area contributed by atoms with Crippen LogP contribution in [-0.2, 0) is 11.2 Å². The molecule has 1 heterocycles. The monoisotopic (exact) mass is 332 g/mol. The number of methoxy groups -OCH3 is 1. The molecule has 4 nitrogen and oxygen atoms in total. The smallest absolute Gasteiger partial charge is 0.220 e. The van der Waals surface area contributed by atoms with Crippen molar-refractivity contribution in [2.24, 2.45) is 0 Å². The largest absolute Gasteiger partial charge is 0.497 e. The first-order valence-electron chi connectivity index (χ1n) is 9.36. The van der Waals surface area contributed by atoms with E-state index in [1.807, 2.05) is 24.3 Å². The maximum atomic E-state index is 12.0. The van der Waals surface area contributed by atoms with Crippen molar-refractivity contribution in [3.63, 3.8) is 0 Å². The van der Waals surface area contributed by atoms with Gasteiger partial charge in [0.1, 0.15) is 5.75 Å². The maximum Gasteiger partial charge on any atom is 0.220 e. The molecule has 1 aromatic rings. The molecule has 1 fully saturated rings. The SMILES string of the molecule is CCC1CCCCN1CCCNC(=O)CCc1ccc(OC)cc1. The lowest BCUT2D eigenvalue weighted by atomic mass is 10.00. The van der Waals surface area contributed by atoms with Crippen molar-refractivity contribution >= 4 is 5.91 Å². The van der Waals surface area contributed by atoms with Crippen molar-refractivity contribution in [1.82, 2.24) is 10.2 Å². The molecule has 0 saturated carbocycles. The first-order valence-corrected chi connectivity index (χ1v) is 9.36. The van der Waals surface area contributed by atoms with Gasteiger partial charge in [-0.1, -0.05) is 25.5 Å². The average Bonchev–Trinajstić information content (AvgIpc) is 2.64. The molecule has 0 bridgehead atoms. The number of nitrogens with one attached hydrogen (secondary N) is 1. The Labute approximate surface area is 146 Å². The van der Waals surface area contributed by atoms with Gasteiger partial charge in [0.15, 0.2) is 0 Å². The third-order valence-electron chi connectivity index (χ3n) is 4.96. The van der Waals surface area contributed by atoms with Crippen molar-refractivity contribution in [1.29, 1.82) is 0 Å². The van der Waals surface area contributed by atoms with Crippen LogP contribution in [0.5, 0.6) is 5.75 Å². The van der Waals surface area contributed by atoms with Gasteiger partial charge in [-0.15, -0.1) is 0 Å². The lowest BCUT2D eigenvalue weighted by molar-refractivity contribution is -0.121. The van der Waals surface area contributed by atoms with E-state index in [4.69, 9.17) is 4.74 Å². The lowest BCUT2D eigenvalue weighted by Gasteiger charge is -2.35. The van der Waals surface area contributed by atoms with Crippen LogP contribution in [0.3, 0.4) is 0 Å². The van der Waals surface area contributed by atoms with E-state index < -0.39 is 0 Å². The minimum Gasteiger partial charge on any atom is -0.497 e. The van der Waals surface area contributed by atoms with Gasteiger partial charge in [-0.3, -0.25) is 4.79 Å². The zero-order chi connectivity index (χ0) is 17.2. The second-order valence-electron chi connectivity index (χ2n) is 6.65. The van der Waals surface area contributed by atoms with Crippen LogP contribution in [0.1, 0.15) is 51.0 Å². The van der Waals surface area contributed by atoms with Gasteiger partial charge in [-0.25, -0.2) is 0 Å². The highest BCUT2D eigenvalue weighted by atomic mass is 16.5. The number of piperidine rings is 1. The van der Waals surface area contributed by atoms with Crippen LogP contribution in [0.2, 0.25) is 0 Å². The molecular formula is C20H32N2O2. The molecular weight excluding hydrogens is 300 g/mol. The van der Waals surface area contributed by atoms with Crippen LogP contribution < -0.4 is 10.1 Å². The fourth-order valence-electron chi connectivity index (χ4n) is 3.47. The summed E-state index contributed by atoms with van der Waals surface area (Å²) in [6, 6.07) is 8.68. The number of carbonyl (C=O) groups excluding carboxylic acids is 1. The molecule has 0 spiro atoms. The number of likely N-dealkylation sites (tertiary alicyclic amines) is 1. The molecule has 2 rings (SSSR count). The number of rotatable bonds is 9. The molecule has 0 aliphatic carbocycles. The summed E-state index contributed by atoms with van der Waals surface area (Å²) in [4.78, 5) is 14.6. The van der Waals surface area contributed by atoms with Crippen molar-refractivity contribution < 1.29 is 9.53 Å². The summed E-state index contributed by atoms with van der Waals surface area (Å²) >= 11 is 0. The normalized spacial score (nSPS) is 18.3. The molecule has 1 atom stereocenters. The van der Waals surface area contributed by atoms with Crippen molar-refractivity contribution in [2.75, 3.05) is 26.7 Å². The van der Waals surface area contributed by atoms with Crippen LogP contribution in [0.15, 0.2) is 24.3 Å². The van der Waals surface area contributed by atoms with Crippen LogP contribution in [-0.4, -0.2) is 43.6 Å². The summed E-state index contributed by atoms with van der Waals surface area (Å²) in [6.45, 7) is 5.40. The Hall–Kier alpha value is -1.55. The van der Waals surface area contributed by atoms with Gasteiger partial charge in [0.25, 0.3) is 0 Å². The van der Waals surface area contributed by atoms with E-state index in [2.05, 4.69) is 17.1 Å². The number of ether oxygens (including phenoxy) is 1. The highest BCUT2D eigenvalue weighted by molar-refractivity contribution is 5.76. The van der Waals surface area contributed by atoms with E-state index in [1.165, 1.54) is 37.8 Å². The number of amides is 1. The Balaban J connectivity index is 1.59. The van der Waals surface area contributed by atoms with E-state index >= 15 is 0 Å². The number of nitrogens with zero attached hydrogens (tertiary/aromatic N) is 1. The summed E-state index contributed by atoms with van der Waals surface area (Å²) in [5, 5.41) is 3.06. The van der Waals surface area contributed by atoms with Crippen molar-refractivity contribution in [3.05, 3.63) is 29.8 Å². The van der Waals surface area contributed by atoms with E-state index in [0.717, 1.165) is 37.7 Å². The molecule has 4 heteroatoms. The van der Waals surface area contributed by atoms with Gasteiger partial charge < -0.3 is 15.0 Å².